The zero-order valence-electron chi connectivity index (χ0n) is 13.8. The van der Waals surface area contributed by atoms with Gasteiger partial charge in [-0.05, 0) is 31.6 Å². The normalized spacial score (nSPS) is 22.0. The molecule has 0 radical (unpaired) electrons. The summed E-state index contributed by atoms with van der Waals surface area (Å²) in [6.07, 6.45) is 10.2. The Morgan fingerprint density at radius 1 is 1.10 bits per heavy atom. The molecule has 0 amide bonds. The number of aromatic nitrogens is 2. The fourth-order valence-corrected chi connectivity index (χ4v) is 3.13. The molecule has 1 aliphatic carbocycles. The van der Waals surface area contributed by atoms with Gasteiger partial charge >= 0.3 is 0 Å². The van der Waals surface area contributed by atoms with Crippen LogP contribution < -0.4 is 10.6 Å². The van der Waals surface area contributed by atoms with Crippen LogP contribution >= 0.6 is 0 Å². The van der Waals surface area contributed by atoms with Crippen molar-refractivity contribution in [1.82, 2.24) is 9.97 Å². The lowest BCUT2D eigenvalue weighted by Gasteiger charge is -2.30. The average Bonchev–Trinajstić information content (AvgIpc) is 2.50. The first-order chi connectivity index (χ1) is 10.3. The van der Waals surface area contributed by atoms with Crippen molar-refractivity contribution in [3.8, 4) is 0 Å². The van der Waals surface area contributed by atoms with E-state index >= 15 is 0 Å². The van der Waals surface area contributed by atoms with Gasteiger partial charge in [0.05, 0.1) is 0 Å². The molecule has 1 heterocycles. The van der Waals surface area contributed by atoms with E-state index in [1.165, 1.54) is 31.2 Å². The minimum Gasteiger partial charge on any atom is -0.370 e. The van der Waals surface area contributed by atoms with Crippen molar-refractivity contribution < 1.29 is 0 Å². The maximum atomic E-state index is 4.53. The predicted octanol–water partition coefficient (Wildman–Crippen LogP) is 4.24. The SMILES string of the molecule is CCCNc1ncnc(NC2CCCCC2C)c1CCC. The Morgan fingerprint density at radius 2 is 1.86 bits per heavy atom. The number of hydrogen-bond donors (Lipinski definition) is 2. The molecule has 1 saturated carbocycles. The molecule has 0 aromatic carbocycles. The van der Waals surface area contributed by atoms with Crippen LogP contribution in [0.25, 0.3) is 0 Å². The summed E-state index contributed by atoms with van der Waals surface area (Å²) >= 11 is 0. The van der Waals surface area contributed by atoms with Gasteiger partial charge in [-0.3, -0.25) is 0 Å². The van der Waals surface area contributed by atoms with Gasteiger partial charge in [0.2, 0.25) is 0 Å². The molecule has 1 aliphatic rings. The van der Waals surface area contributed by atoms with Gasteiger partial charge in [0, 0.05) is 18.2 Å². The van der Waals surface area contributed by atoms with Gasteiger partial charge in [0.15, 0.2) is 0 Å². The number of rotatable bonds is 7. The molecule has 2 unspecified atom stereocenters. The van der Waals surface area contributed by atoms with Crippen LogP contribution in [-0.2, 0) is 6.42 Å². The van der Waals surface area contributed by atoms with E-state index in [4.69, 9.17) is 0 Å². The Kier molecular flexibility index (Phi) is 6.27. The van der Waals surface area contributed by atoms with E-state index in [1.54, 1.807) is 6.33 Å². The van der Waals surface area contributed by atoms with Crippen LogP contribution in [0.4, 0.5) is 11.6 Å². The van der Waals surface area contributed by atoms with Gasteiger partial charge < -0.3 is 10.6 Å². The first-order valence-corrected chi connectivity index (χ1v) is 8.60. The van der Waals surface area contributed by atoms with E-state index in [9.17, 15) is 0 Å². The number of nitrogens with one attached hydrogen (secondary N) is 2. The third-order valence-electron chi connectivity index (χ3n) is 4.42. The van der Waals surface area contributed by atoms with Crippen LogP contribution in [-0.4, -0.2) is 22.6 Å². The highest BCUT2D eigenvalue weighted by atomic mass is 15.1. The smallest absolute Gasteiger partial charge is 0.134 e. The Bertz CT molecular complexity index is 433. The highest BCUT2D eigenvalue weighted by Crippen LogP contribution is 2.29. The maximum Gasteiger partial charge on any atom is 0.134 e. The van der Waals surface area contributed by atoms with E-state index in [-0.39, 0.29) is 0 Å². The Labute approximate surface area is 129 Å². The van der Waals surface area contributed by atoms with Crippen LogP contribution in [0, 0.1) is 5.92 Å². The van der Waals surface area contributed by atoms with Crippen molar-refractivity contribution in [2.45, 2.75) is 71.8 Å². The summed E-state index contributed by atoms with van der Waals surface area (Å²) in [6, 6.07) is 0.559. The Hall–Kier alpha value is -1.32. The molecule has 2 atom stereocenters. The third kappa shape index (κ3) is 4.32. The van der Waals surface area contributed by atoms with Crippen molar-refractivity contribution in [2.75, 3.05) is 17.2 Å². The van der Waals surface area contributed by atoms with Gasteiger partial charge in [-0.2, -0.15) is 0 Å². The van der Waals surface area contributed by atoms with Gasteiger partial charge in [-0.25, -0.2) is 9.97 Å². The summed E-state index contributed by atoms with van der Waals surface area (Å²) in [5.41, 5.74) is 1.26. The summed E-state index contributed by atoms with van der Waals surface area (Å²) in [5, 5.41) is 7.16. The maximum absolute atomic E-state index is 4.53. The standard InChI is InChI=1S/C17H30N4/c1-4-8-14-16(18-11-5-2)19-12-20-17(14)21-15-10-7-6-9-13(15)3/h12-13,15H,4-11H2,1-3H3,(H2,18,19,20,21). The van der Waals surface area contributed by atoms with Crippen molar-refractivity contribution in [3.63, 3.8) is 0 Å². The van der Waals surface area contributed by atoms with Gasteiger partial charge in [-0.1, -0.05) is 40.0 Å². The highest BCUT2D eigenvalue weighted by molar-refractivity contribution is 5.57. The summed E-state index contributed by atoms with van der Waals surface area (Å²) in [6.45, 7) is 7.71. The molecule has 1 aromatic heterocycles. The first-order valence-electron chi connectivity index (χ1n) is 8.60. The monoisotopic (exact) mass is 290 g/mol. The minimum atomic E-state index is 0.559. The summed E-state index contributed by atoms with van der Waals surface area (Å²) < 4.78 is 0. The fraction of sp³-hybridized carbons (Fsp3) is 0.765. The van der Waals surface area contributed by atoms with Crippen LogP contribution in [0.1, 0.15) is 64.9 Å². The Morgan fingerprint density at radius 3 is 2.57 bits per heavy atom. The fourth-order valence-electron chi connectivity index (χ4n) is 3.13. The molecule has 21 heavy (non-hydrogen) atoms. The lowest BCUT2D eigenvalue weighted by Crippen LogP contribution is -2.31. The molecule has 0 bridgehead atoms. The first kappa shape index (κ1) is 16.1. The van der Waals surface area contributed by atoms with Crippen molar-refractivity contribution >= 4 is 11.6 Å². The lowest BCUT2D eigenvalue weighted by molar-refractivity contribution is 0.349. The van der Waals surface area contributed by atoms with Crippen molar-refractivity contribution in [1.29, 1.82) is 0 Å². The molecule has 118 valence electrons. The molecule has 1 aromatic rings. The van der Waals surface area contributed by atoms with Gasteiger partial charge in [-0.15, -0.1) is 0 Å². The van der Waals surface area contributed by atoms with Crippen LogP contribution in [0.5, 0.6) is 0 Å². The largest absolute Gasteiger partial charge is 0.370 e. The molecule has 4 heteroatoms. The zero-order valence-corrected chi connectivity index (χ0v) is 13.8. The van der Waals surface area contributed by atoms with E-state index in [1.807, 2.05) is 0 Å². The molecular formula is C17H30N4. The molecule has 2 N–H and O–H groups in total. The van der Waals surface area contributed by atoms with Crippen LogP contribution in [0.2, 0.25) is 0 Å². The van der Waals surface area contributed by atoms with Crippen LogP contribution in [0.15, 0.2) is 6.33 Å². The highest BCUT2D eigenvalue weighted by Gasteiger charge is 2.23. The summed E-state index contributed by atoms with van der Waals surface area (Å²) in [7, 11) is 0. The van der Waals surface area contributed by atoms with E-state index in [2.05, 4.69) is 41.4 Å². The number of anilines is 2. The van der Waals surface area contributed by atoms with Crippen LogP contribution in [0.3, 0.4) is 0 Å². The van der Waals surface area contributed by atoms with Gasteiger partial charge in [0.25, 0.3) is 0 Å². The van der Waals surface area contributed by atoms with E-state index in [0.717, 1.165) is 43.4 Å². The average molecular weight is 290 g/mol. The molecule has 4 nitrogen and oxygen atoms in total. The lowest BCUT2D eigenvalue weighted by atomic mass is 9.86. The minimum absolute atomic E-state index is 0.559. The molecule has 0 aliphatic heterocycles. The zero-order chi connectivity index (χ0) is 15.1. The third-order valence-corrected chi connectivity index (χ3v) is 4.42. The number of hydrogen-bond acceptors (Lipinski definition) is 4. The van der Waals surface area contributed by atoms with Gasteiger partial charge in [0.1, 0.15) is 18.0 Å². The quantitative estimate of drug-likeness (QED) is 0.788. The predicted molar refractivity (Wildman–Crippen MR) is 89.9 cm³/mol. The van der Waals surface area contributed by atoms with E-state index < -0.39 is 0 Å². The topological polar surface area (TPSA) is 49.8 Å². The molecule has 0 saturated heterocycles. The van der Waals surface area contributed by atoms with Crippen molar-refractivity contribution in [3.05, 3.63) is 11.9 Å². The second-order valence-corrected chi connectivity index (χ2v) is 6.24. The Balaban J connectivity index is 2.16. The molecule has 2 rings (SSSR count). The second-order valence-electron chi connectivity index (χ2n) is 6.24. The summed E-state index contributed by atoms with van der Waals surface area (Å²) in [4.78, 5) is 8.98. The molecule has 1 fully saturated rings. The van der Waals surface area contributed by atoms with Crippen molar-refractivity contribution in [2.24, 2.45) is 5.92 Å². The molecular weight excluding hydrogens is 260 g/mol. The number of nitrogens with zero attached hydrogens (tertiary/aromatic N) is 2. The molecule has 0 spiro atoms. The van der Waals surface area contributed by atoms with E-state index in [0.29, 0.717) is 6.04 Å². The summed E-state index contributed by atoms with van der Waals surface area (Å²) in [5.74, 6) is 2.79. The second kappa shape index (κ2) is 8.20.